The summed E-state index contributed by atoms with van der Waals surface area (Å²) in [7, 11) is 0. The first-order valence-electron chi connectivity index (χ1n) is 7.51. The van der Waals surface area contributed by atoms with Crippen LogP contribution in [0.25, 0.3) is 16.1 Å². The second kappa shape index (κ2) is 6.84. The third kappa shape index (κ3) is 3.06. The Kier molecular flexibility index (Phi) is 4.43. The van der Waals surface area contributed by atoms with Crippen molar-refractivity contribution in [3.05, 3.63) is 76.6 Å². The van der Waals surface area contributed by atoms with Crippen molar-refractivity contribution in [2.24, 2.45) is 0 Å². The number of ether oxygens (including phenoxy) is 1. The van der Waals surface area contributed by atoms with Gasteiger partial charge in [0.25, 0.3) is 0 Å². The molecule has 2 aromatic carbocycles. The zero-order chi connectivity index (χ0) is 16.9. The molecule has 0 aliphatic heterocycles. The van der Waals surface area contributed by atoms with E-state index >= 15 is 0 Å². The number of aliphatic hydroxyl groups is 1. The highest BCUT2D eigenvalue weighted by atomic mass is 16.5. The highest BCUT2D eigenvalue weighted by Gasteiger charge is 2.28. The molecule has 0 aromatic heterocycles. The molecule has 0 radical (unpaired) electrons. The quantitative estimate of drug-likeness (QED) is 0.662. The first-order valence-corrected chi connectivity index (χ1v) is 7.51. The largest absolute Gasteiger partial charge is 0.504 e. The zero-order valence-corrected chi connectivity index (χ0v) is 12.8. The number of diazo groups is 1. The minimum Gasteiger partial charge on any atom is -0.504 e. The number of hydrogen-bond donors (Lipinski definition) is 2. The Bertz CT molecular complexity index is 794. The molecule has 0 bridgehead atoms. The van der Waals surface area contributed by atoms with E-state index in [2.05, 4.69) is 22.4 Å². The first-order chi connectivity index (χ1) is 11.7. The maximum atomic E-state index is 11.8. The number of nitrogens with one attached hydrogen (secondary N) is 1. The van der Waals surface area contributed by atoms with Crippen molar-refractivity contribution in [3.63, 3.8) is 0 Å². The van der Waals surface area contributed by atoms with Crippen molar-refractivity contribution in [1.82, 2.24) is 5.32 Å². The Labute approximate surface area is 139 Å². The van der Waals surface area contributed by atoms with Crippen molar-refractivity contribution in [2.45, 2.75) is 5.92 Å². The van der Waals surface area contributed by atoms with Crippen LogP contribution < -0.4 is 5.32 Å². The van der Waals surface area contributed by atoms with Crippen molar-refractivity contribution in [1.29, 1.82) is 5.39 Å². The van der Waals surface area contributed by atoms with Crippen LogP contribution in [0.4, 0.5) is 4.79 Å². The van der Waals surface area contributed by atoms with E-state index in [-0.39, 0.29) is 24.8 Å². The lowest BCUT2D eigenvalue weighted by molar-refractivity contribution is 0.142. The predicted molar refractivity (Wildman–Crippen MR) is 88.9 cm³/mol. The number of amides is 1. The molecule has 120 valence electrons. The van der Waals surface area contributed by atoms with Gasteiger partial charge in [-0.1, -0.05) is 48.5 Å². The van der Waals surface area contributed by atoms with Crippen molar-refractivity contribution in [2.75, 3.05) is 13.2 Å². The number of nitrogens with zero attached hydrogens (tertiary/aromatic N) is 2. The summed E-state index contributed by atoms with van der Waals surface area (Å²) >= 11 is 0. The van der Waals surface area contributed by atoms with Gasteiger partial charge in [0.2, 0.25) is 5.39 Å². The minimum atomic E-state index is -0.644. The van der Waals surface area contributed by atoms with Crippen LogP contribution in [-0.4, -0.2) is 24.4 Å². The molecule has 3 rings (SSSR count). The zero-order valence-electron chi connectivity index (χ0n) is 12.8. The van der Waals surface area contributed by atoms with E-state index in [0.29, 0.717) is 0 Å². The molecule has 24 heavy (non-hydrogen) atoms. The van der Waals surface area contributed by atoms with Crippen LogP contribution in [0.1, 0.15) is 17.0 Å². The predicted octanol–water partition coefficient (Wildman–Crippen LogP) is 3.78. The molecule has 6 nitrogen and oxygen atoms in total. The van der Waals surface area contributed by atoms with Crippen LogP contribution in [-0.2, 0) is 4.74 Å². The Balaban J connectivity index is 1.69. The van der Waals surface area contributed by atoms with E-state index in [1.807, 2.05) is 36.4 Å². The number of aliphatic hydroxyl groups excluding tert-OH is 1. The van der Waals surface area contributed by atoms with Gasteiger partial charge in [-0.15, -0.1) is 0 Å². The molecule has 6 heteroatoms. The summed E-state index contributed by atoms with van der Waals surface area (Å²) in [5.74, 6) is -0.286. The molecule has 0 spiro atoms. The normalized spacial score (nSPS) is 12.9. The van der Waals surface area contributed by atoms with E-state index < -0.39 is 6.09 Å². The molecule has 1 aliphatic rings. The van der Waals surface area contributed by atoms with E-state index in [1.165, 1.54) is 0 Å². The molecule has 1 amide bonds. The third-order valence-corrected chi connectivity index (χ3v) is 3.96. The summed E-state index contributed by atoms with van der Waals surface area (Å²) in [6.07, 6.45) is 0.193. The van der Waals surface area contributed by atoms with Gasteiger partial charge in [-0.2, -0.15) is 0 Å². The van der Waals surface area contributed by atoms with Gasteiger partial charge < -0.3 is 15.2 Å². The Morgan fingerprint density at radius 2 is 1.75 bits per heavy atom. The Morgan fingerprint density at radius 1 is 1.17 bits per heavy atom. The van der Waals surface area contributed by atoms with Gasteiger partial charge in [-0.25, -0.2) is 4.79 Å². The number of carbonyl (C=O) groups excluding carboxylic acids is 1. The molecule has 0 unspecified atom stereocenters. The van der Waals surface area contributed by atoms with E-state index in [1.54, 1.807) is 0 Å². The van der Waals surface area contributed by atoms with E-state index in [4.69, 9.17) is 10.1 Å². The van der Waals surface area contributed by atoms with Gasteiger partial charge >= 0.3 is 12.3 Å². The van der Waals surface area contributed by atoms with Crippen LogP contribution >= 0.6 is 0 Å². The number of rotatable bonds is 4. The van der Waals surface area contributed by atoms with Gasteiger partial charge in [0.15, 0.2) is 10.7 Å². The average Bonchev–Trinajstić information content (AvgIpc) is 2.92. The third-order valence-electron chi connectivity index (χ3n) is 3.96. The van der Waals surface area contributed by atoms with Crippen LogP contribution in [0, 0.1) is 5.39 Å². The Morgan fingerprint density at radius 3 is 2.33 bits per heavy atom. The van der Waals surface area contributed by atoms with Crippen molar-refractivity contribution < 1.29 is 14.6 Å². The molecule has 0 saturated carbocycles. The summed E-state index contributed by atoms with van der Waals surface area (Å²) in [4.78, 5) is 14.4. The van der Waals surface area contributed by atoms with Crippen LogP contribution in [0.15, 0.2) is 60.5 Å². The van der Waals surface area contributed by atoms with E-state index in [0.717, 1.165) is 28.5 Å². The lowest BCUT2D eigenvalue weighted by Crippen LogP contribution is -2.27. The summed E-state index contributed by atoms with van der Waals surface area (Å²) in [5, 5.41) is 19.9. The van der Waals surface area contributed by atoms with Crippen molar-refractivity contribution in [3.8, 4) is 11.1 Å². The second-order valence-electron chi connectivity index (χ2n) is 5.42. The number of carbonyl (C=O) groups is 1. The number of alkyl carbamates (subject to hydrolysis) is 1. The SMILES string of the molecule is N#[N+]/C=C(\O)CNC(=O)OCC1c2ccccc2-c2ccccc21. The molecular weight excluding hydrogens is 306 g/mol. The number of benzene rings is 2. The van der Waals surface area contributed by atoms with E-state index in [9.17, 15) is 9.90 Å². The minimum absolute atomic E-state index is 0.0141. The van der Waals surface area contributed by atoms with Crippen LogP contribution in [0.3, 0.4) is 0 Å². The molecule has 2 N–H and O–H groups in total. The lowest BCUT2D eigenvalue weighted by Gasteiger charge is -2.14. The number of fused-ring (bicyclic) bond motifs is 3. The second-order valence-corrected chi connectivity index (χ2v) is 5.42. The molecule has 0 heterocycles. The topological polar surface area (TPSA) is 86.7 Å². The maximum absolute atomic E-state index is 11.8. The smallest absolute Gasteiger partial charge is 0.407 e. The fraction of sp³-hybridized carbons (Fsp3) is 0.167. The summed E-state index contributed by atoms with van der Waals surface area (Å²) in [5.41, 5.74) is 4.58. The first kappa shape index (κ1) is 15.6. The molecular formula is C18H16N3O3+. The van der Waals surface area contributed by atoms with Crippen LogP contribution in [0.5, 0.6) is 0 Å². The molecule has 2 aromatic rings. The average molecular weight is 322 g/mol. The summed E-state index contributed by atoms with van der Waals surface area (Å²) in [6.45, 7) is 0.0371. The summed E-state index contributed by atoms with van der Waals surface area (Å²) in [6, 6.07) is 16.1. The highest BCUT2D eigenvalue weighted by Crippen LogP contribution is 2.44. The highest BCUT2D eigenvalue weighted by molar-refractivity contribution is 5.79. The van der Waals surface area contributed by atoms with Gasteiger partial charge in [0.05, 0.1) is 6.54 Å². The standard InChI is InChI=1S/C18H15N3O3/c19-21-10-12(22)9-20-18(23)24-11-17-15-7-3-1-5-13(15)14-6-2-4-8-16(14)17/h1-8,10,17H,9,11H2,(H-,20,22,23)/p+1/b12-10-. The van der Waals surface area contributed by atoms with Crippen LogP contribution in [0.2, 0.25) is 0 Å². The van der Waals surface area contributed by atoms with Gasteiger partial charge in [-0.3, -0.25) is 0 Å². The molecule has 0 atom stereocenters. The van der Waals surface area contributed by atoms with Crippen molar-refractivity contribution >= 4 is 6.09 Å². The van der Waals surface area contributed by atoms with Gasteiger partial charge in [0.1, 0.15) is 6.61 Å². The fourth-order valence-corrected chi connectivity index (χ4v) is 2.92. The fourth-order valence-electron chi connectivity index (χ4n) is 2.92. The Hall–Kier alpha value is -3.33. The number of hydrogen-bond acceptors (Lipinski definition) is 4. The maximum Gasteiger partial charge on any atom is 0.407 e. The van der Waals surface area contributed by atoms with Gasteiger partial charge in [0, 0.05) is 5.92 Å². The molecule has 0 saturated heterocycles. The lowest BCUT2D eigenvalue weighted by atomic mass is 9.98. The van der Waals surface area contributed by atoms with Gasteiger partial charge in [-0.05, 0) is 22.3 Å². The monoisotopic (exact) mass is 322 g/mol. The molecule has 1 aliphatic carbocycles. The summed E-state index contributed by atoms with van der Waals surface area (Å²) < 4.78 is 5.29. The molecule has 0 fully saturated rings.